The molecule has 8 nitrogen and oxygen atoms in total. The Morgan fingerprint density at radius 3 is 2.66 bits per heavy atom. The molecule has 1 saturated heterocycles. The highest BCUT2D eigenvalue weighted by molar-refractivity contribution is 6.31. The van der Waals surface area contributed by atoms with Crippen molar-refractivity contribution in [3.05, 3.63) is 69.9 Å². The number of halogens is 3. The number of benzene rings is 1. The molecule has 3 aromatic rings. The van der Waals surface area contributed by atoms with E-state index in [2.05, 4.69) is 34.3 Å². The van der Waals surface area contributed by atoms with E-state index in [1.807, 2.05) is 0 Å². The second-order valence-corrected chi connectivity index (χ2v) is 14.7. The molecule has 44 heavy (non-hydrogen) atoms. The van der Waals surface area contributed by atoms with Gasteiger partial charge in [0.25, 0.3) is 0 Å². The number of nitrogens with one attached hydrogen (secondary N) is 1. The number of rotatable bonds is 5. The van der Waals surface area contributed by atoms with Gasteiger partial charge in [0.05, 0.1) is 17.0 Å². The minimum Gasteiger partial charge on any atom is -0.425 e. The number of fused-ring (bicyclic) bond motifs is 3. The Morgan fingerprint density at radius 2 is 1.95 bits per heavy atom. The van der Waals surface area contributed by atoms with Crippen LogP contribution < -0.4 is 5.32 Å². The summed E-state index contributed by atoms with van der Waals surface area (Å²) in [6, 6.07) is 6.54. The number of aromatic nitrogens is 3. The van der Waals surface area contributed by atoms with Crippen molar-refractivity contribution >= 4 is 40.6 Å². The molecule has 4 heterocycles. The maximum absolute atomic E-state index is 16.2. The van der Waals surface area contributed by atoms with E-state index in [1.165, 1.54) is 12.5 Å². The Kier molecular flexibility index (Phi) is 7.37. The van der Waals surface area contributed by atoms with E-state index in [0.717, 1.165) is 32.1 Å². The third-order valence-corrected chi connectivity index (χ3v) is 11.5. The standard InChI is InChI=1S/C33H35Cl2FN4O4/c1-31(2)8-10-32(11-9-31)14-20(24(41)12-18-6-7-25(43-16-18)29-40-38-17-44-29)27(19-4-3-5-22(34)28(19)36)33(32)21-15-37-26(35)13-23(21)39-30(33)42/h3-5,13,15,17-18,20,25,27H,6-12,14,16H2,1-2H3,(H,39,42)/t18-,20-,25-,27-,33+/m0/s1. The first-order chi connectivity index (χ1) is 21.0. The van der Waals surface area contributed by atoms with Crippen molar-refractivity contribution in [1.29, 1.82) is 0 Å². The number of hydrogen-bond acceptors (Lipinski definition) is 7. The van der Waals surface area contributed by atoms with Gasteiger partial charge in [-0.25, -0.2) is 9.37 Å². The van der Waals surface area contributed by atoms with Gasteiger partial charge in [-0.15, -0.1) is 10.2 Å². The smallest absolute Gasteiger partial charge is 0.244 e. The van der Waals surface area contributed by atoms with Crippen molar-refractivity contribution in [1.82, 2.24) is 15.2 Å². The molecule has 2 spiro atoms. The van der Waals surface area contributed by atoms with E-state index >= 15 is 4.39 Å². The minimum absolute atomic E-state index is 0.0171. The molecule has 0 unspecified atom stereocenters. The van der Waals surface area contributed by atoms with Crippen LogP contribution in [0.15, 0.2) is 41.3 Å². The molecular weight excluding hydrogens is 606 g/mol. The summed E-state index contributed by atoms with van der Waals surface area (Å²) in [5.74, 6) is -1.75. The number of carbonyl (C=O) groups excluding carboxylic acids is 2. The number of carbonyl (C=O) groups is 2. The van der Waals surface area contributed by atoms with Crippen LogP contribution in [-0.4, -0.2) is 33.5 Å². The summed E-state index contributed by atoms with van der Waals surface area (Å²) in [5.41, 5.74) is -0.141. The molecule has 0 radical (unpaired) electrons. The van der Waals surface area contributed by atoms with Crippen LogP contribution in [0.4, 0.5) is 10.1 Å². The first kappa shape index (κ1) is 29.8. The van der Waals surface area contributed by atoms with Gasteiger partial charge >= 0.3 is 0 Å². The molecule has 232 valence electrons. The molecule has 11 heteroatoms. The van der Waals surface area contributed by atoms with Crippen LogP contribution >= 0.6 is 23.2 Å². The lowest BCUT2D eigenvalue weighted by molar-refractivity contribution is -0.127. The maximum atomic E-state index is 16.2. The summed E-state index contributed by atoms with van der Waals surface area (Å²) in [7, 11) is 0. The molecule has 2 aromatic heterocycles. The van der Waals surface area contributed by atoms with Crippen LogP contribution in [0.5, 0.6) is 0 Å². The first-order valence-corrected chi connectivity index (χ1v) is 16.1. The van der Waals surface area contributed by atoms with Crippen LogP contribution in [-0.2, 0) is 19.7 Å². The molecule has 2 aliphatic heterocycles. The van der Waals surface area contributed by atoms with Crippen molar-refractivity contribution in [3.8, 4) is 0 Å². The zero-order chi connectivity index (χ0) is 30.9. The van der Waals surface area contributed by atoms with Gasteiger partial charge in [0, 0.05) is 35.7 Å². The van der Waals surface area contributed by atoms with Crippen molar-refractivity contribution in [3.63, 3.8) is 0 Å². The molecule has 2 saturated carbocycles. The van der Waals surface area contributed by atoms with Gasteiger partial charge in [0.2, 0.25) is 18.2 Å². The number of hydrogen-bond donors (Lipinski definition) is 1. The topological polar surface area (TPSA) is 107 Å². The van der Waals surface area contributed by atoms with Crippen LogP contribution in [0.3, 0.4) is 0 Å². The zero-order valence-corrected chi connectivity index (χ0v) is 26.3. The average Bonchev–Trinajstić information content (AvgIpc) is 3.70. The fraction of sp³-hybridized carbons (Fsp3) is 0.545. The normalized spacial score (nSPS) is 30.4. The van der Waals surface area contributed by atoms with E-state index in [-0.39, 0.29) is 45.7 Å². The van der Waals surface area contributed by atoms with Gasteiger partial charge in [-0.05, 0) is 79.4 Å². The Hall–Kier alpha value is -2.88. The van der Waals surface area contributed by atoms with E-state index in [1.54, 1.807) is 24.4 Å². The molecule has 3 fully saturated rings. The second kappa shape index (κ2) is 10.9. The molecule has 4 aliphatic rings. The average molecular weight is 642 g/mol. The van der Waals surface area contributed by atoms with Gasteiger partial charge in [0.15, 0.2) is 0 Å². The minimum atomic E-state index is -1.21. The number of nitrogens with zero attached hydrogens (tertiary/aromatic N) is 3. The van der Waals surface area contributed by atoms with Crippen molar-refractivity contribution in [2.75, 3.05) is 11.9 Å². The molecule has 2 aliphatic carbocycles. The molecule has 1 amide bonds. The predicted molar refractivity (Wildman–Crippen MR) is 162 cm³/mol. The third kappa shape index (κ3) is 4.60. The van der Waals surface area contributed by atoms with Crippen LogP contribution in [0.1, 0.15) is 94.3 Å². The predicted octanol–water partition coefficient (Wildman–Crippen LogP) is 7.62. The lowest BCUT2D eigenvalue weighted by Crippen LogP contribution is -2.52. The van der Waals surface area contributed by atoms with Crippen molar-refractivity contribution in [2.24, 2.45) is 22.7 Å². The van der Waals surface area contributed by atoms with Gasteiger partial charge in [-0.3, -0.25) is 9.59 Å². The fourth-order valence-corrected chi connectivity index (χ4v) is 9.13. The van der Waals surface area contributed by atoms with E-state index in [0.29, 0.717) is 42.2 Å². The summed E-state index contributed by atoms with van der Waals surface area (Å²) in [4.78, 5) is 33.6. The fourth-order valence-electron chi connectivity index (χ4n) is 8.79. The van der Waals surface area contributed by atoms with E-state index in [4.69, 9.17) is 32.4 Å². The second-order valence-electron chi connectivity index (χ2n) is 13.9. The van der Waals surface area contributed by atoms with Gasteiger partial charge in [0.1, 0.15) is 22.9 Å². The number of ketones is 1. The SMILES string of the molecule is CC1(C)CCC2(CC1)C[C@@H](C(=O)C[C@@H]1CC[C@@H](c3nnco3)OC1)[C@H](c1cccc(Cl)c1F)[C@]21C(=O)Nc2cc(Cl)ncc21. The van der Waals surface area contributed by atoms with Gasteiger partial charge in [-0.2, -0.15) is 0 Å². The molecule has 1 N–H and O–H groups in total. The first-order valence-electron chi connectivity index (χ1n) is 15.4. The van der Waals surface area contributed by atoms with E-state index in [9.17, 15) is 9.59 Å². The number of pyridine rings is 1. The number of ether oxygens (including phenoxy) is 1. The van der Waals surface area contributed by atoms with Crippen molar-refractivity contribution < 1.29 is 23.1 Å². The summed E-state index contributed by atoms with van der Waals surface area (Å²) in [5, 5.41) is 11.0. The third-order valence-electron chi connectivity index (χ3n) is 11.0. The summed E-state index contributed by atoms with van der Waals surface area (Å²) in [6.45, 7) is 4.86. The molecule has 0 bridgehead atoms. The Bertz CT molecular complexity index is 1600. The van der Waals surface area contributed by atoms with Crippen LogP contribution in [0.25, 0.3) is 0 Å². The lowest BCUT2D eigenvalue weighted by Gasteiger charge is -2.50. The highest BCUT2D eigenvalue weighted by Crippen LogP contribution is 2.72. The monoisotopic (exact) mass is 640 g/mol. The summed E-state index contributed by atoms with van der Waals surface area (Å²) in [6.07, 6.45) is 8.03. The molecular formula is C33H35Cl2FN4O4. The maximum Gasteiger partial charge on any atom is 0.244 e. The zero-order valence-electron chi connectivity index (χ0n) is 24.7. The Morgan fingerprint density at radius 1 is 1.16 bits per heavy atom. The quantitative estimate of drug-likeness (QED) is 0.286. The van der Waals surface area contributed by atoms with E-state index < -0.39 is 28.5 Å². The Labute approximate surface area is 265 Å². The Balaban J connectivity index is 1.31. The highest BCUT2D eigenvalue weighted by Gasteiger charge is 2.72. The van der Waals surface area contributed by atoms with Gasteiger partial charge in [-0.1, -0.05) is 49.2 Å². The molecule has 1 aromatic carbocycles. The summed E-state index contributed by atoms with van der Waals surface area (Å²) >= 11 is 12.7. The molecule has 7 rings (SSSR count). The number of Topliss-reactive ketones (excluding diaryl/α,β-unsaturated/α-hetero) is 1. The highest BCUT2D eigenvalue weighted by atomic mass is 35.5. The summed E-state index contributed by atoms with van der Waals surface area (Å²) < 4.78 is 27.5. The lowest BCUT2D eigenvalue weighted by atomic mass is 9.51. The number of amides is 1. The number of anilines is 1. The van der Waals surface area contributed by atoms with Crippen molar-refractivity contribution in [2.45, 2.75) is 82.7 Å². The largest absolute Gasteiger partial charge is 0.425 e. The molecule has 5 atom stereocenters. The van der Waals surface area contributed by atoms with Crippen LogP contribution in [0, 0.1) is 28.5 Å². The van der Waals surface area contributed by atoms with Crippen LogP contribution in [0.2, 0.25) is 10.2 Å². The van der Waals surface area contributed by atoms with Gasteiger partial charge < -0.3 is 14.5 Å².